The number of hydrogen-bond acceptors (Lipinski definition) is 3. The molecule has 0 unspecified atom stereocenters. The maximum atomic E-state index is 9.15. The average molecular weight is 253 g/mol. The molecule has 1 aliphatic carbocycles. The zero-order valence-electron chi connectivity index (χ0n) is 11.3. The summed E-state index contributed by atoms with van der Waals surface area (Å²) < 4.78 is 0. The minimum atomic E-state index is 0.596. The van der Waals surface area contributed by atoms with Crippen molar-refractivity contribution in [2.24, 2.45) is 11.8 Å². The van der Waals surface area contributed by atoms with Crippen molar-refractivity contribution in [3.05, 3.63) is 35.2 Å². The summed E-state index contributed by atoms with van der Waals surface area (Å²) in [5.74, 6) is 1.40. The highest BCUT2D eigenvalue weighted by atomic mass is 14.9. The summed E-state index contributed by atoms with van der Waals surface area (Å²) in [6, 6.07) is 4.25. The lowest BCUT2D eigenvalue weighted by Crippen LogP contribution is -2.38. The summed E-state index contributed by atoms with van der Waals surface area (Å²) in [6.07, 6.45) is 8.01. The summed E-state index contributed by atoms with van der Waals surface area (Å²) in [7, 11) is 0. The Morgan fingerprint density at radius 1 is 1.42 bits per heavy atom. The molecule has 0 saturated carbocycles. The van der Waals surface area contributed by atoms with Gasteiger partial charge in [0.2, 0.25) is 0 Å². The van der Waals surface area contributed by atoms with Crippen molar-refractivity contribution in [2.45, 2.75) is 26.2 Å². The SMILES string of the molecule is Cc1ncc(C2=CCC[C@@H]3CCNC[C@H]23)cc1C#N. The second-order valence-corrected chi connectivity index (χ2v) is 5.56. The van der Waals surface area contributed by atoms with Crippen LogP contribution in [-0.4, -0.2) is 18.1 Å². The highest BCUT2D eigenvalue weighted by molar-refractivity contribution is 5.69. The van der Waals surface area contributed by atoms with Crippen LogP contribution in [0.4, 0.5) is 0 Å². The highest BCUT2D eigenvalue weighted by Gasteiger charge is 2.30. The minimum Gasteiger partial charge on any atom is -0.316 e. The molecule has 1 aromatic rings. The molecule has 1 fully saturated rings. The molecule has 1 saturated heterocycles. The number of piperidine rings is 1. The Kier molecular flexibility index (Phi) is 3.35. The molecular formula is C16H19N3. The van der Waals surface area contributed by atoms with Crippen LogP contribution in [0.15, 0.2) is 18.3 Å². The van der Waals surface area contributed by atoms with Gasteiger partial charge < -0.3 is 5.32 Å². The van der Waals surface area contributed by atoms with Crippen LogP contribution in [0, 0.1) is 30.1 Å². The highest BCUT2D eigenvalue weighted by Crippen LogP contribution is 2.39. The van der Waals surface area contributed by atoms with Gasteiger partial charge in [-0.15, -0.1) is 0 Å². The van der Waals surface area contributed by atoms with E-state index < -0.39 is 0 Å². The minimum absolute atomic E-state index is 0.596. The van der Waals surface area contributed by atoms with Crippen molar-refractivity contribution < 1.29 is 0 Å². The first-order chi connectivity index (χ1) is 9.29. The number of nitrogens with one attached hydrogen (secondary N) is 1. The quantitative estimate of drug-likeness (QED) is 0.837. The predicted molar refractivity (Wildman–Crippen MR) is 75.4 cm³/mol. The zero-order valence-corrected chi connectivity index (χ0v) is 11.3. The smallest absolute Gasteiger partial charge is 0.101 e. The van der Waals surface area contributed by atoms with Crippen LogP contribution in [0.1, 0.15) is 36.1 Å². The van der Waals surface area contributed by atoms with Gasteiger partial charge in [0.15, 0.2) is 0 Å². The van der Waals surface area contributed by atoms with Crippen LogP contribution in [0.2, 0.25) is 0 Å². The predicted octanol–water partition coefficient (Wildman–Crippen LogP) is 2.66. The van der Waals surface area contributed by atoms with Crippen molar-refractivity contribution >= 4 is 5.57 Å². The molecule has 2 atom stereocenters. The Labute approximate surface area is 114 Å². The lowest BCUT2D eigenvalue weighted by Gasteiger charge is -2.37. The molecular weight excluding hydrogens is 234 g/mol. The number of nitrogens with zero attached hydrogens (tertiary/aromatic N) is 2. The second kappa shape index (κ2) is 5.14. The molecule has 3 rings (SSSR count). The van der Waals surface area contributed by atoms with Gasteiger partial charge in [0.05, 0.1) is 11.3 Å². The Hall–Kier alpha value is -1.66. The molecule has 98 valence electrons. The van der Waals surface area contributed by atoms with E-state index in [1.807, 2.05) is 19.2 Å². The molecule has 19 heavy (non-hydrogen) atoms. The van der Waals surface area contributed by atoms with Gasteiger partial charge in [-0.25, -0.2) is 0 Å². The monoisotopic (exact) mass is 253 g/mol. The van der Waals surface area contributed by atoms with E-state index in [1.165, 1.54) is 18.4 Å². The maximum Gasteiger partial charge on any atom is 0.101 e. The van der Waals surface area contributed by atoms with Crippen molar-refractivity contribution in [1.29, 1.82) is 5.26 Å². The van der Waals surface area contributed by atoms with E-state index in [2.05, 4.69) is 22.4 Å². The molecule has 0 aromatic carbocycles. The van der Waals surface area contributed by atoms with Crippen LogP contribution in [0.25, 0.3) is 5.57 Å². The van der Waals surface area contributed by atoms with Gasteiger partial charge in [-0.1, -0.05) is 6.08 Å². The molecule has 0 amide bonds. The van der Waals surface area contributed by atoms with E-state index in [0.717, 1.165) is 36.7 Å². The first kappa shape index (κ1) is 12.4. The van der Waals surface area contributed by atoms with E-state index in [9.17, 15) is 0 Å². The largest absolute Gasteiger partial charge is 0.316 e. The molecule has 1 aromatic heterocycles. The molecule has 2 heterocycles. The maximum absolute atomic E-state index is 9.15. The topological polar surface area (TPSA) is 48.7 Å². The van der Waals surface area contributed by atoms with Crippen LogP contribution in [0.5, 0.6) is 0 Å². The third-order valence-electron chi connectivity index (χ3n) is 4.47. The van der Waals surface area contributed by atoms with E-state index in [0.29, 0.717) is 11.5 Å². The fourth-order valence-corrected chi connectivity index (χ4v) is 3.36. The van der Waals surface area contributed by atoms with Crippen LogP contribution in [-0.2, 0) is 0 Å². The molecule has 2 aliphatic rings. The van der Waals surface area contributed by atoms with E-state index in [1.54, 1.807) is 0 Å². The molecule has 3 heteroatoms. The van der Waals surface area contributed by atoms with Crippen molar-refractivity contribution in [3.8, 4) is 6.07 Å². The van der Waals surface area contributed by atoms with Gasteiger partial charge in [0.25, 0.3) is 0 Å². The number of aromatic nitrogens is 1. The molecule has 0 radical (unpaired) electrons. The van der Waals surface area contributed by atoms with Crippen molar-refractivity contribution in [2.75, 3.05) is 13.1 Å². The molecule has 0 spiro atoms. The number of pyridine rings is 1. The summed E-state index contributed by atoms with van der Waals surface area (Å²) in [5.41, 5.74) is 4.05. The summed E-state index contributed by atoms with van der Waals surface area (Å²) in [5, 5.41) is 12.6. The summed E-state index contributed by atoms with van der Waals surface area (Å²) >= 11 is 0. The third-order valence-corrected chi connectivity index (χ3v) is 4.47. The van der Waals surface area contributed by atoms with E-state index in [4.69, 9.17) is 5.26 Å². The van der Waals surface area contributed by atoms with Gasteiger partial charge in [-0.05, 0) is 61.8 Å². The molecule has 3 nitrogen and oxygen atoms in total. The second-order valence-electron chi connectivity index (χ2n) is 5.56. The summed E-state index contributed by atoms with van der Waals surface area (Å²) in [6.45, 7) is 4.10. The van der Waals surface area contributed by atoms with Gasteiger partial charge in [0.1, 0.15) is 6.07 Å². The van der Waals surface area contributed by atoms with Crippen molar-refractivity contribution in [1.82, 2.24) is 10.3 Å². The van der Waals surface area contributed by atoms with E-state index >= 15 is 0 Å². The number of hydrogen-bond donors (Lipinski definition) is 1. The van der Waals surface area contributed by atoms with Gasteiger partial charge >= 0.3 is 0 Å². The lowest BCUT2D eigenvalue weighted by atomic mass is 9.73. The Bertz CT molecular complexity index is 554. The Morgan fingerprint density at radius 2 is 2.32 bits per heavy atom. The Morgan fingerprint density at radius 3 is 3.16 bits per heavy atom. The first-order valence-corrected chi connectivity index (χ1v) is 7.07. The standard InChI is InChI=1S/C16H19N3/c1-11-13(8-17)7-14(9-19-11)15-4-2-3-12-5-6-18-10-16(12)15/h4,7,9,12,16,18H,2-3,5-6,10H2,1H3/t12-,16+/m1/s1. The number of fused-ring (bicyclic) bond motifs is 1. The number of rotatable bonds is 1. The normalized spacial score (nSPS) is 26.2. The van der Waals surface area contributed by atoms with Crippen LogP contribution < -0.4 is 5.32 Å². The van der Waals surface area contributed by atoms with Crippen LogP contribution >= 0.6 is 0 Å². The summed E-state index contributed by atoms with van der Waals surface area (Å²) in [4.78, 5) is 4.38. The lowest BCUT2D eigenvalue weighted by molar-refractivity contribution is 0.285. The molecule has 1 N–H and O–H groups in total. The fraction of sp³-hybridized carbons (Fsp3) is 0.500. The van der Waals surface area contributed by atoms with Gasteiger partial charge in [0, 0.05) is 12.7 Å². The van der Waals surface area contributed by atoms with Crippen molar-refractivity contribution in [3.63, 3.8) is 0 Å². The van der Waals surface area contributed by atoms with Gasteiger partial charge in [-0.2, -0.15) is 5.26 Å². The zero-order chi connectivity index (χ0) is 13.2. The first-order valence-electron chi connectivity index (χ1n) is 7.07. The number of aryl methyl sites for hydroxylation is 1. The van der Waals surface area contributed by atoms with E-state index in [-0.39, 0.29) is 0 Å². The average Bonchev–Trinajstić information content (AvgIpc) is 2.47. The third kappa shape index (κ3) is 2.29. The molecule has 0 bridgehead atoms. The number of nitriles is 1. The van der Waals surface area contributed by atoms with Crippen LogP contribution in [0.3, 0.4) is 0 Å². The Balaban J connectivity index is 1.96. The number of allylic oxidation sites excluding steroid dienone is 1. The fourth-order valence-electron chi connectivity index (χ4n) is 3.36. The molecule has 1 aliphatic heterocycles. The van der Waals surface area contributed by atoms with Gasteiger partial charge in [-0.3, -0.25) is 4.98 Å².